The van der Waals surface area contributed by atoms with Crippen molar-refractivity contribution in [2.75, 3.05) is 19.1 Å². The van der Waals surface area contributed by atoms with Crippen LogP contribution in [-0.2, 0) is 14.3 Å². The highest BCUT2D eigenvalue weighted by Crippen LogP contribution is 2.57. The molecule has 1 aliphatic rings. The second-order valence-electron chi connectivity index (χ2n) is 6.89. The normalized spacial score (nSPS) is 20.7. The van der Waals surface area contributed by atoms with Crippen molar-refractivity contribution in [1.29, 1.82) is 0 Å². The van der Waals surface area contributed by atoms with Crippen molar-refractivity contribution in [1.82, 2.24) is 0 Å². The summed E-state index contributed by atoms with van der Waals surface area (Å²) in [6, 6.07) is 20.9. The van der Waals surface area contributed by atoms with Gasteiger partial charge in [0.25, 0.3) is 0 Å². The van der Waals surface area contributed by atoms with E-state index in [1.165, 1.54) is 14.0 Å². The summed E-state index contributed by atoms with van der Waals surface area (Å²) in [7, 11) is 2.91. The number of fused-ring (bicyclic) bond motifs is 1. The molecule has 28 heavy (non-hydrogen) atoms. The third-order valence-electron chi connectivity index (χ3n) is 5.44. The number of esters is 1. The van der Waals surface area contributed by atoms with Gasteiger partial charge in [-0.15, -0.1) is 0 Å². The minimum Gasteiger partial charge on any atom is -0.497 e. The van der Waals surface area contributed by atoms with Gasteiger partial charge < -0.3 is 14.4 Å². The lowest BCUT2D eigenvalue weighted by Crippen LogP contribution is -2.38. The molecule has 4 rings (SSSR count). The number of anilines is 1. The number of hydrogen-bond donors (Lipinski definition) is 0. The first-order valence-corrected chi connectivity index (χ1v) is 9.05. The van der Waals surface area contributed by atoms with E-state index in [4.69, 9.17) is 9.47 Å². The second-order valence-corrected chi connectivity index (χ2v) is 6.89. The third-order valence-corrected chi connectivity index (χ3v) is 5.44. The minimum absolute atomic E-state index is 0.242. The number of ether oxygens (including phenoxy) is 2. The van der Waals surface area contributed by atoms with Crippen LogP contribution in [0, 0.1) is 0 Å². The molecule has 0 aromatic heterocycles. The summed E-state index contributed by atoms with van der Waals surface area (Å²) in [5.41, 5.74) is 0.306. The number of methoxy groups -OCH3 is 2. The van der Waals surface area contributed by atoms with Gasteiger partial charge in [-0.05, 0) is 53.6 Å². The molecular weight excluding hydrogens is 354 g/mol. The zero-order valence-corrected chi connectivity index (χ0v) is 16.0. The van der Waals surface area contributed by atoms with Crippen molar-refractivity contribution in [2.24, 2.45) is 0 Å². The van der Waals surface area contributed by atoms with E-state index in [9.17, 15) is 9.59 Å². The molecule has 0 aliphatic carbocycles. The van der Waals surface area contributed by atoms with Crippen LogP contribution in [0.15, 0.2) is 66.7 Å². The predicted molar refractivity (Wildman–Crippen MR) is 108 cm³/mol. The van der Waals surface area contributed by atoms with Crippen LogP contribution in [0.1, 0.15) is 18.5 Å². The van der Waals surface area contributed by atoms with Crippen LogP contribution in [0.2, 0.25) is 0 Å². The van der Waals surface area contributed by atoms with E-state index in [1.807, 2.05) is 71.6 Å². The molecule has 0 unspecified atom stereocenters. The third kappa shape index (κ3) is 2.54. The van der Waals surface area contributed by atoms with Crippen molar-refractivity contribution in [3.8, 4) is 5.75 Å². The summed E-state index contributed by atoms with van der Waals surface area (Å²) >= 11 is 0. The minimum atomic E-state index is -1.36. The molecule has 5 heteroatoms. The van der Waals surface area contributed by atoms with Gasteiger partial charge in [0, 0.05) is 5.69 Å². The van der Waals surface area contributed by atoms with Crippen molar-refractivity contribution in [3.63, 3.8) is 0 Å². The molecule has 5 nitrogen and oxygen atoms in total. The van der Waals surface area contributed by atoms with Crippen molar-refractivity contribution in [2.45, 2.75) is 18.5 Å². The van der Waals surface area contributed by atoms with E-state index in [0.717, 1.165) is 22.0 Å². The number of ketones is 1. The molecule has 3 aromatic rings. The number of nitrogens with zero attached hydrogens (tertiary/aromatic N) is 1. The van der Waals surface area contributed by atoms with Gasteiger partial charge in [-0.25, -0.2) is 4.79 Å². The van der Waals surface area contributed by atoms with Crippen LogP contribution in [-0.4, -0.2) is 31.5 Å². The smallest absolute Gasteiger partial charge is 0.342 e. The molecule has 3 aromatic carbocycles. The van der Waals surface area contributed by atoms with Crippen molar-refractivity contribution in [3.05, 3.63) is 72.3 Å². The van der Waals surface area contributed by atoms with Gasteiger partial charge >= 0.3 is 5.97 Å². The van der Waals surface area contributed by atoms with Gasteiger partial charge in [0.1, 0.15) is 5.75 Å². The van der Waals surface area contributed by atoms with E-state index in [-0.39, 0.29) is 5.78 Å². The monoisotopic (exact) mass is 375 g/mol. The first-order chi connectivity index (χ1) is 13.5. The van der Waals surface area contributed by atoms with Crippen LogP contribution in [0.25, 0.3) is 10.8 Å². The topological polar surface area (TPSA) is 55.6 Å². The fourth-order valence-corrected chi connectivity index (χ4v) is 4.03. The number of rotatable bonds is 5. The lowest BCUT2D eigenvalue weighted by atomic mass is 9.94. The standard InChI is InChI=1S/C23H21NO4/c1-15(25)23(22(26)28-3)21(24(23)19-10-12-20(27-2)13-11-19)18-9-8-16-6-4-5-7-17(16)14-18/h4-14,21H,1-3H3/t21-,23-,24?/m1/s1. The molecule has 0 amide bonds. The number of carbonyl (C=O) groups excluding carboxylic acids is 2. The van der Waals surface area contributed by atoms with Gasteiger partial charge in [0.15, 0.2) is 5.78 Å². The quantitative estimate of drug-likeness (QED) is 0.384. The Morgan fingerprint density at radius 3 is 2.21 bits per heavy atom. The molecule has 1 saturated heterocycles. The Bertz CT molecular complexity index is 1060. The number of hydrogen-bond acceptors (Lipinski definition) is 5. The highest BCUT2D eigenvalue weighted by atomic mass is 16.5. The Morgan fingerprint density at radius 2 is 1.61 bits per heavy atom. The van der Waals surface area contributed by atoms with E-state index >= 15 is 0 Å². The van der Waals surface area contributed by atoms with Crippen LogP contribution in [0.4, 0.5) is 5.69 Å². The fraction of sp³-hybridized carbons (Fsp3) is 0.217. The molecule has 1 aliphatic heterocycles. The van der Waals surface area contributed by atoms with E-state index in [0.29, 0.717) is 5.75 Å². The summed E-state index contributed by atoms with van der Waals surface area (Å²) in [5, 5.41) is 2.17. The average Bonchev–Trinajstić information content (AvgIpc) is 3.44. The van der Waals surface area contributed by atoms with Crippen LogP contribution in [0.3, 0.4) is 0 Å². The van der Waals surface area contributed by atoms with Gasteiger partial charge in [-0.3, -0.25) is 4.79 Å². The Kier molecular flexibility index (Phi) is 4.30. The Labute approximate surface area is 163 Å². The maximum Gasteiger partial charge on any atom is 0.342 e. The molecule has 0 N–H and O–H groups in total. The maximum absolute atomic E-state index is 12.8. The van der Waals surface area contributed by atoms with Gasteiger partial charge in [0.2, 0.25) is 5.54 Å². The molecule has 0 bridgehead atoms. The highest BCUT2D eigenvalue weighted by molar-refractivity contribution is 6.18. The summed E-state index contributed by atoms with van der Waals surface area (Å²) < 4.78 is 10.3. The Morgan fingerprint density at radius 1 is 0.929 bits per heavy atom. The molecule has 1 fully saturated rings. The molecule has 0 spiro atoms. The first-order valence-electron chi connectivity index (χ1n) is 9.05. The fourth-order valence-electron chi connectivity index (χ4n) is 4.03. The maximum atomic E-state index is 12.8. The van der Waals surface area contributed by atoms with Crippen molar-refractivity contribution >= 4 is 28.2 Å². The van der Waals surface area contributed by atoms with Gasteiger partial charge in [0.05, 0.1) is 20.3 Å². The van der Waals surface area contributed by atoms with Crippen molar-refractivity contribution < 1.29 is 19.1 Å². The summed E-state index contributed by atoms with van der Waals surface area (Å²) in [6.45, 7) is 1.44. The summed E-state index contributed by atoms with van der Waals surface area (Å²) in [4.78, 5) is 27.3. The number of benzene rings is 3. The van der Waals surface area contributed by atoms with Gasteiger partial charge in [-0.2, -0.15) is 0 Å². The Balaban J connectivity index is 1.85. The van der Waals surface area contributed by atoms with Crippen LogP contribution < -0.4 is 9.64 Å². The molecule has 0 radical (unpaired) electrons. The molecule has 1 heterocycles. The van der Waals surface area contributed by atoms with Crippen LogP contribution >= 0.6 is 0 Å². The SMILES string of the molecule is COC(=O)[C@@]1(C(C)=O)[C@@H](c2ccc3ccccc3c2)N1c1ccc(OC)cc1. The summed E-state index contributed by atoms with van der Waals surface area (Å²) in [5.74, 6) is -0.0818. The average molecular weight is 375 g/mol. The number of carbonyl (C=O) groups is 2. The van der Waals surface area contributed by atoms with E-state index in [1.54, 1.807) is 7.11 Å². The lowest BCUT2D eigenvalue weighted by Gasteiger charge is -2.13. The molecular formula is C23H21NO4. The van der Waals surface area contributed by atoms with E-state index in [2.05, 4.69) is 0 Å². The second kappa shape index (κ2) is 6.68. The van der Waals surface area contributed by atoms with E-state index < -0.39 is 17.6 Å². The first kappa shape index (κ1) is 18.0. The van der Waals surface area contributed by atoms with Crippen LogP contribution in [0.5, 0.6) is 5.75 Å². The summed E-state index contributed by atoms with van der Waals surface area (Å²) in [6.07, 6.45) is 0. The molecule has 0 saturated carbocycles. The predicted octanol–water partition coefficient (Wildman–Crippen LogP) is 3.91. The highest BCUT2D eigenvalue weighted by Gasteiger charge is 2.73. The largest absolute Gasteiger partial charge is 0.497 e. The lowest BCUT2D eigenvalue weighted by molar-refractivity contribution is -0.146. The number of Topliss-reactive ketones (excluding diaryl/α,β-unsaturated/α-hetero) is 1. The zero-order valence-electron chi connectivity index (χ0n) is 16.0. The Hall–Kier alpha value is -3.34. The molecule has 142 valence electrons. The zero-order chi connectivity index (χ0) is 19.9. The molecule has 2 atom stereocenters. The van der Waals surface area contributed by atoms with Gasteiger partial charge in [-0.1, -0.05) is 36.4 Å².